The quantitative estimate of drug-likeness (QED) is 0.779. The highest BCUT2D eigenvalue weighted by Gasteiger charge is 2.24. The Bertz CT molecular complexity index is 656. The summed E-state index contributed by atoms with van der Waals surface area (Å²) in [5.74, 6) is 0.0484. The first-order valence-corrected chi connectivity index (χ1v) is 6.84. The predicted molar refractivity (Wildman–Crippen MR) is 80.4 cm³/mol. The van der Waals surface area contributed by atoms with E-state index >= 15 is 0 Å². The van der Waals surface area contributed by atoms with Crippen LogP contribution in [-0.2, 0) is 4.79 Å². The lowest BCUT2D eigenvalue weighted by atomic mass is 10.1. The molecule has 1 aromatic carbocycles. The van der Waals surface area contributed by atoms with Gasteiger partial charge in [-0.15, -0.1) is 0 Å². The van der Waals surface area contributed by atoms with E-state index in [0.29, 0.717) is 11.6 Å². The molecule has 0 spiro atoms. The van der Waals surface area contributed by atoms with Gasteiger partial charge in [0, 0.05) is 11.3 Å². The number of carboxylic acids is 1. The Labute approximate surface area is 122 Å². The second-order valence-electron chi connectivity index (χ2n) is 5.30. The van der Waals surface area contributed by atoms with Crippen molar-refractivity contribution in [2.45, 2.75) is 38.8 Å². The fourth-order valence-corrected chi connectivity index (χ4v) is 2.00. The molecular weight excluding hydrogens is 270 g/mol. The van der Waals surface area contributed by atoms with Gasteiger partial charge < -0.3 is 15.5 Å². The van der Waals surface area contributed by atoms with Crippen LogP contribution in [0, 0.1) is 0 Å². The third-order valence-electron chi connectivity index (χ3n) is 3.18. The second-order valence-corrected chi connectivity index (χ2v) is 5.30. The van der Waals surface area contributed by atoms with Crippen LogP contribution in [0.1, 0.15) is 32.5 Å². The minimum atomic E-state index is -1.13. The van der Waals surface area contributed by atoms with Crippen molar-refractivity contribution < 1.29 is 15.0 Å². The van der Waals surface area contributed by atoms with Gasteiger partial charge in [-0.3, -0.25) is 0 Å². The number of carboxylic acid groups (broad SMARTS) is 1. The zero-order valence-electron chi connectivity index (χ0n) is 12.2. The molecular formula is C15H19N3O3. The molecule has 2 rings (SSSR count). The highest BCUT2D eigenvalue weighted by Crippen LogP contribution is 2.23. The highest BCUT2D eigenvalue weighted by molar-refractivity contribution is 5.91. The number of anilines is 1. The zero-order chi connectivity index (χ0) is 15.6. The number of para-hydroxylation sites is 1. The monoisotopic (exact) mass is 289 g/mol. The smallest absolute Gasteiger partial charge is 0.328 e. The lowest BCUT2D eigenvalue weighted by Gasteiger charge is -2.19. The summed E-state index contributed by atoms with van der Waals surface area (Å²) in [6.07, 6.45) is -1.04. The molecule has 2 unspecified atom stereocenters. The molecule has 2 atom stereocenters. The van der Waals surface area contributed by atoms with Gasteiger partial charge in [-0.1, -0.05) is 26.0 Å². The summed E-state index contributed by atoms with van der Waals surface area (Å²) in [6.45, 7) is 5.37. The van der Waals surface area contributed by atoms with Crippen molar-refractivity contribution in [1.29, 1.82) is 0 Å². The predicted octanol–water partition coefficient (Wildman–Crippen LogP) is 2.00. The molecule has 0 bridgehead atoms. The molecule has 1 heterocycles. The van der Waals surface area contributed by atoms with E-state index in [2.05, 4.69) is 15.3 Å². The van der Waals surface area contributed by atoms with E-state index in [-0.39, 0.29) is 5.92 Å². The van der Waals surface area contributed by atoms with Gasteiger partial charge in [0.1, 0.15) is 11.6 Å². The Kier molecular flexibility index (Phi) is 4.37. The van der Waals surface area contributed by atoms with Crippen LogP contribution in [0.15, 0.2) is 24.3 Å². The van der Waals surface area contributed by atoms with Gasteiger partial charge in [-0.05, 0) is 19.1 Å². The third-order valence-corrected chi connectivity index (χ3v) is 3.18. The molecule has 21 heavy (non-hydrogen) atoms. The first-order chi connectivity index (χ1) is 9.90. The van der Waals surface area contributed by atoms with Crippen LogP contribution >= 0.6 is 0 Å². The van der Waals surface area contributed by atoms with Crippen molar-refractivity contribution in [1.82, 2.24) is 9.97 Å². The summed E-state index contributed by atoms with van der Waals surface area (Å²) in [5.41, 5.74) is 0.744. The Morgan fingerprint density at radius 2 is 1.86 bits per heavy atom. The molecule has 0 saturated heterocycles. The number of rotatable bonds is 5. The number of hydrogen-bond acceptors (Lipinski definition) is 5. The summed E-state index contributed by atoms with van der Waals surface area (Å²) in [7, 11) is 0. The molecule has 1 aromatic heterocycles. The number of carbonyl (C=O) groups is 1. The van der Waals surface area contributed by atoms with Gasteiger partial charge in [0.05, 0.1) is 11.6 Å². The SMILES string of the molecule is CC(C)c1nc(NC(C(=O)O)C(C)O)c2ccccc2n1. The fraction of sp³-hybridized carbons (Fsp3) is 0.400. The lowest BCUT2D eigenvalue weighted by Crippen LogP contribution is -2.39. The van der Waals surface area contributed by atoms with Crippen molar-refractivity contribution in [3.63, 3.8) is 0 Å². The maximum atomic E-state index is 11.2. The summed E-state index contributed by atoms with van der Waals surface area (Å²) in [4.78, 5) is 20.1. The van der Waals surface area contributed by atoms with Crippen LogP contribution in [0.4, 0.5) is 5.82 Å². The molecule has 2 aromatic rings. The van der Waals surface area contributed by atoms with Crippen LogP contribution in [0.5, 0.6) is 0 Å². The molecule has 6 heteroatoms. The standard InChI is InChI=1S/C15H19N3O3/c1-8(2)13-16-11-7-5-4-6-10(11)14(18-13)17-12(9(3)19)15(20)21/h4-9,12,19H,1-3H3,(H,20,21)(H,16,17,18). The average Bonchev–Trinajstić information content (AvgIpc) is 2.43. The number of aliphatic hydroxyl groups excluding tert-OH is 1. The van der Waals surface area contributed by atoms with Gasteiger partial charge in [-0.2, -0.15) is 0 Å². The van der Waals surface area contributed by atoms with Crippen molar-refractivity contribution in [3.05, 3.63) is 30.1 Å². The number of nitrogens with one attached hydrogen (secondary N) is 1. The van der Waals surface area contributed by atoms with Crippen molar-refractivity contribution >= 4 is 22.7 Å². The number of aromatic nitrogens is 2. The number of benzene rings is 1. The first kappa shape index (κ1) is 15.2. The van der Waals surface area contributed by atoms with Crippen LogP contribution < -0.4 is 5.32 Å². The maximum absolute atomic E-state index is 11.2. The molecule has 0 aliphatic rings. The topological polar surface area (TPSA) is 95.3 Å². The number of aliphatic carboxylic acids is 1. The van der Waals surface area contributed by atoms with Gasteiger partial charge >= 0.3 is 5.97 Å². The van der Waals surface area contributed by atoms with E-state index in [1.165, 1.54) is 6.92 Å². The molecule has 0 aliphatic heterocycles. The maximum Gasteiger partial charge on any atom is 0.328 e. The number of hydrogen-bond donors (Lipinski definition) is 3. The van der Waals surface area contributed by atoms with Gasteiger partial charge in [0.25, 0.3) is 0 Å². The third kappa shape index (κ3) is 3.28. The van der Waals surface area contributed by atoms with E-state index < -0.39 is 18.1 Å². The molecule has 6 nitrogen and oxygen atoms in total. The first-order valence-electron chi connectivity index (χ1n) is 6.84. The van der Waals surface area contributed by atoms with Crippen molar-refractivity contribution in [2.75, 3.05) is 5.32 Å². The normalized spacial score (nSPS) is 14.1. The molecule has 112 valence electrons. The summed E-state index contributed by atoms with van der Waals surface area (Å²) in [6, 6.07) is 6.26. The summed E-state index contributed by atoms with van der Waals surface area (Å²) in [5, 5.41) is 22.3. The Morgan fingerprint density at radius 3 is 2.43 bits per heavy atom. The van der Waals surface area contributed by atoms with E-state index in [4.69, 9.17) is 0 Å². The Morgan fingerprint density at radius 1 is 1.19 bits per heavy atom. The van der Waals surface area contributed by atoms with Gasteiger partial charge in [0.15, 0.2) is 6.04 Å². The van der Waals surface area contributed by atoms with Gasteiger partial charge in [0.2, 0.25) is 0 Å². The molecule has 0 saturated carbocycles. The molecule has 0 amide bonds. The Hall–Kier alpha value is -2.21. The highest BCUT2D eigenvalue weighted by atomic mass is 16.4. The van der Waals surface area contributed by atoms with Crippen molar-refractivity contribution in [3.8, 4) is 0 Å². The van der Waals surface area contributed by atoms with E-state index in [0.717, 1.165) is 10.9 Å². The summed E-state index contributed by atoms with van der Waals surface area (Å²) < 4.78 is 0. The van der Waals surface area contributed by atoms with Gasteiger partial charge in [-0.25, -0.2) is 14.8 Å². The molecule has 3 N–H and O–H groups in total. The number of nitrogens with zero attached hydrogens (tertiary/aromatic N) is 2. The lowest BCUT2D eigenvalue weighted by molar-refractivity contribution is -0.140. The fourth-order valence-electron chi connectivity index (χ4n) is 2.00. The average molecular weight is 289 g/mol. The van der Waals surface area contributed by atoms with Crippen LogP contribution in [-0.4, -0.2) is 38.3 Å². The largest absolute Gasteiger partial charge is 0.480 e. The van der Waals surface area contributed by atoms with E-state index in [1.807, 2.05) is 38.1 Å². The van der Waals surface area contributed by atoms with Crippen LogP contribution in [0.3, 0.4) is 0 Å². The number of fused-ring (bicyclic) bond motifs is 1. The van der Waals surface area contributed by atoms with Crippen molar-refractivity contribution in [2.24, 2.45) is 0 Å². The van der Waals surface area contributed by atoms with Crippen LogP contribution in [0.2, 0.25) is 0 Å². The zero-order valence-corrected chi connectivity index (χ0v) is 12.2. The summed E-state index contributed by atoms with van der Waals surface area (Å²) >= 11 is 0. The minimum Gasteiger partial charge on any atom is -0.480 e. The molecule has 0 fully saturated rings. The number of aliphatic hydroxyl groups is 1. The van der Waals surface area contributed by atoms with E-state index in [9.17, 15) is 15.0 Å². The van der Waals surface area contributed by atoms with Crippen LogP contribution in [0.25, 0.3) is 10.9 Å². The Balaban J connectivity index is 2.53. The minimum absolute atomic E-state index is 0.116. The van der Waals surface area contributed by atoms with E-state index in [1.54, 1.807) is 0 Å². The molecule has 0 aliphatic carbocycles. The molecule has 0 radical (unpaired) electrons. The second kappa shape index (κ2) is 6.05.